The monoisotopic (exact) mass is 129 g/mol. The lowest BCUT2D eigenvalue weighted by Crippen LogP contribution is -2.39. The van der Waals surface area contributed by atoms with Crippen LogP contribution in [0.15, 0.2) is 20.9 Å². The molecule has 8 heteroatoms. The van der Waals surface area contributed by atoms with E-state index in [1.54, 1.807) is 0 Å². The Bertz CT molecular complexity index is 170. The van der Waals surface area contributed by atoms with Crippen molar-refractivity contribution in [2.24, 2.45) is 26.6 Å². The Morgan fingerprint density at radius 2 is 2.33 bits per heavy atom. The summed E-state index contributed by atoms with van der Waals surface area (Å²) in [6, 6.07) is -0.794. The van der Waals surface area contributed by atoms with E-state index in [9.17, 15) is 4.79 Å². The van der Waals surface area contributed by atoms with Crippen LogP contribution in [-0.4, -0.2) is 11.1 Å². The highest BCUT2D eigenvalue weighted by molar-refractivity contribution is 5.70. The number of amides is 2. The van der Waals surface area contributed by atoms with Gasteiger partial charge in [-0.1, -0.05) is 5.12 Å². The second-order valence-corrected chi connectivity index (χ2v) is 1.12. The van der Waals surface area contributed by atoms with Crippen LogP contribution in [0.3, 0.4) is 0 Å². The van der Waals surface area contributed by atoms with Crippen LogP contribution in [0.1, 0.15) is 0 Å². The van der Waals surface area contributed by atoms with Crippen LogP contribution >= 0.6 is 0 Å². The van der Waals surface area contributed by atoms with E-state index in [1.165, 1.54) is 0 Å². The van der Waals surface area contributed by atoms with Crippen LogP contribution in [0.5, 0.6) is 0 Å². The summed E-state index contributed by atoms with van der Waals surface area (Å²) in [5.41, 5.74) is 6.81. The number of primary amides is 1. The Hall–Kier alpha value is -1.73. The average Bonchev–Trinajstić information content (AvgIpc) is 1.90. The number of urea groups is 1. The molecule has 1 heterocycles. The minimum Gasteiger partial charge on any atom is -0.348 e. The molecule has 9 heavy (non-hydrogen) atoms. The van der Waals surface area contributed by atoms with Crippen molar-refractivity contribution in [2.45, 2.75) is 0 Å². The van der Waals surface area contributed by atoms with Gasteiger partial charge in [-0.15, -0.1) is 0 Å². The molecule has 3 N–H and O–H groups in total. The number of hydrogen-bond donors (Lipinski definition) is 2. The lowest BCUT2D eigenvalue weighted by molar-refractivity contribution is 0.164. The molecule has 0 fully saturated rings. The maximum absolute atomic E-state index is 10.2. The smallest absolute Gasteiger partial charge is 0.348 e. The summed E-state index contributed by atoms with van der Waals surface area (Å²) in [7, 11) is 0. The van der Waals surface area contributed by atoms with Crippen LogP contribution in [-0.2, 0) is 0 Å². The molecule has 0 radical (unpaired) electrons. The van der Waals surface area contributed by atoms with Crippen LogP contribution in [0.25, 0.3) is 0 Å². The minimum absolute atomic E-state index is 0.646. The summed E-state index contributed by atoms with van der Waals surface area (Å²) in [5, 5.41) is 13.0. The van der Waals surface area contributed by atoms with E-state index in [0.29, 0.717) is 5.12 Å². The van der Waals surface area contributed by atoms with Crippen LogP contribution in [0, 0.1) is 0 Å². The van der Waals surface area contributed by atoms with E-state index in [0.717, 1.165) is 0 Å². The first-order valence-electron chi connectivity index (χ1n) is 1.96. The fourth-order valence-electron chi connectivity index (χ4n) is 0.254. The van der Waals surface area contributed by atoms with E-state index in [4.69, 9.17) is 5.73 Å². The van der Waals surface area contributed by atoms with Gasteiger partial charge < -0.3 is 5.73 Å². The van der Waals surface area contributed by atoms with Crippen molar-refractivity contribution in [3.63, 3.8) is 0 Å². The Morgan fingerprint density at radius 1 is 1.56 bits per heavy atom. The molecule has 0 bridgehead atoms. The topological polar surface area (TPSA) is 108 Å². The van der Waals surface area contributed by atoms with Crippen molar-refractivity contribution >= 4 is 6.03 Å². The van der Waals surface area contributed by atoms with Crippen molar-refractivity contribution in [1.82, 2.24) is 10.7 Å². The number of nitrogens with zero attached hydrogens (tertiary/aromatic N) is 5. The second-order valence-electron chi connectivity index (χ2n) is 1.12. The van der Waals surface area contributed by atoms with Gasteiger partial charge in [-0.3, -0.25) is 0 Å². The fourth-order valence-corrected chi connectivity index (χ4v) is 0.254. The molecule has 0 unspecified atom stereocenters. The summed E-state index contributed by atoms with van der Waals surface area (Å²) < 4.78 is 0. The normalized spacial score (nSPS) is 15.3. The Morgan fingerprint density at radius 3 is 2.67 bits per heavy atom. The average molecular weight is 129 g/mol. The van der Waals surface area contributed by atoms with Gasteiger partial charge in [0.15, 0.2) is 0 Å². The first-order chi connectivity index (χ1) is 4.30. The second kappa shape index (κ2) is 2.03. The van der Waals surface area contributed by atoms with Gasteiger partial charge >= 0.3 is 6.03 Å². The van der Waals surface area contributed by atoms with Gasteiger partial charge in [0.2, 0.25) is 0 Å². The van der Waals surface area contributed by atoms with Gasteiger partial charge in [-0.25, -0.2) is 4.79 Å². The zero-order valence-corrected chi connectivity index (χ0v) is 4.22. The predicted molar refractivity (Wildman–Crippen MR) is 24.3 cm³/mol. The SMILES string of the molecule is NC(=O)N1N=NN=NN1. The summed E-state index contributed by atoms with van der Waals surface area (Å²) >= 11 is 0. The predicted octanol–water partition coefficient (Wildman–Crippen LogP) is -0.465. The quantitative estimate of drug-likeness (QED) is 0.461. The molecule has 0 aromatic heterocycles. The highest BCUT2D eigenvalue weighted by atomic mass is 16.2. The van der Waals surface area contributed by atoms with Gasteiger partial charge in [0.05, 0.1) is 0 Å². The number of carbonyl (C=O) groups excluding carboxylic acids is 1. The number of hydrazine groups is 1. The van der Waals surface area contributed by atoms with Crippen LogP contribution < -0.4 is 11.3 Å². The molecule has 0 spiro atoms. The van der Waals surface area contributed by atoms with E-state index in [2.05, 4.69) is 26.4 Å². The van der Waals surface area contributed by atoms with E-state index >= 15 is 0 Å². The summed E-state index contributed by atoms with van der Waals surface area (Å²) in [6.45, 7) is 0. The van der Waals surface area contributed by atoms with Crippen molar-refractivity contribution in [3.8, 4) is 0 Å². The van der Waals surface area contributed by atoms with Gasteiger partial charge in [0.1, 0.15) is 0 Å². The zero-order valence-electron chi connectivity index (χ0n) is 4.22. The number of nitrogens with two attached hydrogens (primary N) is 1. The molecular weight excluding hydrogens is 126 g/mol. The third-order valence-corrected chi connectivity index (χ3v) is 0.562. The van der Waals surface area contributed by atoms with Gasteiger partial charge in [-0.05, 0) is 20.9 Å². The number of hydrogen-bond acceptors (Lipinski definition) is 6. The maximum atomic E-state index is 10.2. The number of nitrogens with one attached hydrogen (secondary N) is 1. The third-order valence-electron chi connectivity index (χ3n) is 0.562. The molecule has 0 saturated carbocycles. The molecule has 1 aliphatic heterocycles. The summed E-state index contributed by atoms with van der Waals surface area (Å²) in [4.78, 5) is 10.2. The largest absolute Gasteiger partial charge is 0.357 e. The fraction of sp³-hybridized carbons (Fsp3) is 0. The standard InChI is InChI=1S/CH3N7O/c2-1(9)8-6-4-3-5-7-8/h(H2,2,9)(H,3,6,7). The Kier molecular flexibility index (Phi) is 1.22. The number of rotatable bonds is 0. The highest BCUT2D eigenvalue weighted by Crippen LogP contribution is 1.91. The van der Waals surface area contributed by atoms with E-state index in [-0.39, 0.29) is 0 Å². The highest BCUT2D eigenvalue weighted by Gasteiger charge is 2.07. The van der Waals surface area contributed by atoms with Crippen molar-refractivity contribution in [1.29, 1.82) is 0 Å². The molecule has 1 rings (SSSR count). The molecule has 8 nitrogen and oxygen atoms in total. The molecule has 1 aliphatic rings. The molecule has 0 aromatic carbocycles. The molecule has 48 valence electrons. The van der Waals surface area contributed by atoms with Crippen molar-refractivity contribution in [3.05, 3.63) is 0 Å². The first kappa shape index (κ1) is 5.41. The molecule has 0 saturated heterocycles. The van der Waals surface area contributed by atoms with E-state index < -0.39 is 6.03 Å². The minimum atomic E-state index is -0.794. The summed E-state index contributed by atoms with van der Waals surface area (Å²) in [5.74, 6) is 0. The molecule has 0 aromatic rings. The van der Waals surface area contributed by atoms with Gasteiger partial charge in [-0.2, -0.15) is 5.53 Å². The molecule has 2 amide bonds. The zero-order chi connectivity index (χ0) is 6.69. The van der Waals surface area contributed by atoms with Crippen LogP contribution in [0.4, 0.5) is 4.79 Å². The molecule has 0 atom stereocenters. The lowest BCUT2D eigenvalue weighted by Gasteiger charge is -2.09. The third kappa shape index (κ3) is 1.08. The summed E-state index contributed by atoms with van der Waals surface area (Å²) in [6.07, 6.45) is 0. The lowest BCUT2D eigenvalue weighted by atomic mass is 11.1. The van der Waals surface area contributed by atoms with Crippen LogP contribution in [0.2, 0.25) is 0 Å². The molecular formula is CH3N7O. The molecule has 0 aliphatic carbocycles. The Labute approximate surface area is 49.3 Å². The number of carbonyl (C=O) groups is 1. The van der Waals surface area contributed by atoms with E-state index in [1.807, 2.05) is 0 Å². The van der Waals surface area contributed by atoms with Crippen molar-refractivity contribution < 1.29 is 4.79 Å². The van der Waals surface area contributed by atoms with Gasteiger partial charge in [0.25, 0.3) is 0 Å². The maximum Gasteiger partial charge on any atom is 0.357 e. The van der Waals surface area contributed by atoms with Crippen molar-refractivity contribution in [2.75, 3.05) is 0 Å². The first-order valence-corrected chi connectivity index (χ1v) is 1.96. The Balaban J connectivity index is 2.56. The van der Waals surface area contributed by atoms with Gasteiger partial charge in [0, 0.05) is 0 Å².